The lowest BCUT2D eigenvalue weighted by atomic mass is 10.3. The highest BCUT2D eigenvalue weighted by atomic mass is 35.5. The van der Waals surface area contributed by atoms with Crippen LogP contribution in [0.25, 0.3) is 11.0 Å². The SMILES string of the molecule is Clc1ccc2c(nc(NC3CC3)n2Cl)c1Cl. The van der Waals surface area contributed by atoms with Crippen molar-refractivity contribution in [2.24, 2.45) is 0 Å². The Balaban J connectivity index is 2.16. The lowest BCUT2D eigenvalue weighted by Gasteiger charge is -2.00. The Labute approximate surface area is 107 Å². The van der Waals surface area contributed by atoms with Crippen LogP contribution in [0.3, 0.4) is 0 Å². The predicted octanol–water partition coefficient (Wildman–Crippen LogP) is 3.92. The van der Waals surface area contributed by atoms with Crippen molar-refractivity contribution in [3.8, 4) is 0 Å². The van der Waals surface area contributed by atoms with E-state index < -0.39 is 0 Å². The summed E-state index contributed by atoms with van der Waals surface area (Å²) in [5, 5.41) is 4.17. The Hall–Kier alpha value is -0.640. The smallest absolute Gasteiger partial charge is 0.219 e. The molecule has 0 unspecified atom stereocenters. The molecule has 1 fully saturated rings. The van der Waals surface area contributed by atoms with Gasteiger partial charge in [-0.2, -0.15) is 0 Å². The third-order valence-corrected chi connectivity index (χ3v) is 3.71. The second-order valence-corrected chi connectivity index (χ2v) is 4.99. The van der Waals surface area contributed by atoms with Gasteiger partial charge in [-0.25, -0.2) is 9.07 Å². The number of benzene rings is 1. The first-order valence-electron chi connectivity index (χ1n) is 4.96. The molecule has 3 rings (SSSR count). The van der Waals surface area contributed by atoms with E-state index in [0.29, 0.717) is 27.6 Å². The molecule has 0 aliphatic heterocycles. The van der Waals surface area contributed by atoms with Crippen molar-refractivity contribution in [1.82, 2.24) is 9.07 Å². The van der Waals surface area contributed by atoms with Crippen LogP contribution in [0.4, 0.5) is 5.95 Å². The summed E-state index contributed by atoms with van der Waals surface area (Å²) in [5.74, 6) is 0.628. The van der Waals surface area contributed by atoms with Gasteiger partial charge in [0.2, 0.25) is 5.95 Å². The van der Waals surface area contributed by atoms with Crippen LogP contribution in [0, 0.1) is 0 Å². The molecule has 1 aromatic heterocycles. The average molecular weight is 277 g/mol. The number of halogens is 3. The topological polar surface area (TPSA) is 29.9 Å². The number of aromatic nitrogens is 2. The molecule has 0 spiro atoms. The summed E-state index contributed by atoms with van der Waals surface area (Å²) >= 11 is 18.1. The van der Waals surface area contributed by atoms with Crippen molar-refractivity contribution in [2.45, 2.75) is 18.9 Å². The fourth-order valence-electron chi connectivity index (χ4n) is 1.56. The number of nitrogens with zero attached hydrogens (tertiary/aromatic N) is 2. The molecule has 1 aliphatic rings. The second-order valence-electron chi connectivity index (χ2n) is 3.86. The maximum Gasteiger partial charge on any atom is 0.219 e. The van der Waals surface area contributed by atoms with Gasteiger partial charge in [-0.3, -0.25) is 0 Å². The third kappa shape index (κ3) is 1.63. The molecule has 1 N–H and O–H groups in total. The molecule has 2 aromatic rings. The number of nitrogens with one attached hydrogen (secondary N) is 1. The number of hydrogen-bond acceptors (Lipinski definition) is 2. The molecule has 1 aromatic carbocycles. The van der Waals surface area contributed by atoms with E-state index in [0.717, 1.165) is 18.4 Å². The van der Waals surface area contributed by atoms with Crippen molar-refractivity contribution in [3.63, 3.8) is 0 Å². The number of fused-ring (bicyclic) bond motifs is 1. The fourth-order valence-corrected chi connectivity index (χ4v) is 2.14. The minimum Gasteiger partial charge on any atom is -0.352 e. The number of anilines is 1. The normalized spacial score (nSPS) is 15.7. The summed E-state index contributed by atoms with van der Waals surface area (Å²) in [7, 11) is 0. The molecule has 84 valence electrons. The first-order chi connectivity index (χ1) is 7.66. The maximum absolute atomic E-state index is 6.14. The van der Waals surface area contributed by atoms with Crippen molar-refractivity contribution < 1.29 is 0 Å². The van der Waals surface area contributed by atoms with Gasteiger partial charge in [-0.05, 0) is 25.0 Å². The van der Waals surface area contributed by atoms with E-state index in [1.165, 1.54) is 4.09 Å². The number of rotatable bonds is 2. The molecular formula is C10H8Cl3N3. The molecule has 1 saturated carbocycles. The highest BCUT2D eigenvalue weighted by Crippen LogP contribution is 2.34. The molecule has 6 heteroatoms. The van der Waals surface area contributed by atoms with Gasteiger partial charge in [-0.1, -0.05) is 23.2 Å². The average Bonchev–Trinajstić information content (AvgIpc) is 3.01. The quantitative estimate of drug-likeness (QED) is 0.901. The molecule has 0 saturated heterocycles. The molecule has 1 aliphatic carbocycles. The van der Waals surface area contributed by atoms with Gasteiger partial charge in [0.05, 0.1) is 15.6 Å². The summed E-state index contributed by atoms with van der Waals surface area (Å²) in [6, 6.07) is 4.01. The summed E-state index contributed by atoms with van der Waals surface area (Å²) < 4.78 is 1.48. The van der Waals surface area contributed by atoms with Crippen LogP contribution in [-0.4, -0.2) is 15.1 Å². The van der Waals surface area contributed by atoms with Crippen molar-refractivity contribution in [1.29, 1.82) is 0 Å². The van der Waals surface area contributed by atoms with E-state index in [4.69, 9.17) is 35.0 Å². The third-order valence-electron chi connectivity index (χ3n) is 2.57. The molecule has 3 nitrogen and oxygen atoms in total. The van der Waals surface area contributed by atoms with Gasteiger partial charge in [-0.15, -0.1) is 0 Å². The summed E-state index contributed by atoms with van der Waals surface area (Å²) in [6.07, 6.45) is 2.32. The van der Waals surface area contributed by atoms with Crippen molar-refractivity contribution >= 4 is 52.0 Å². The molecule has 16 heavy (non-hydrogen) atoms. The minimum absolute atomic E-state index is 0.442. The Morgan fingerprint density at radius 3 is 2.75 bits per heavy atom. The lowest BCUT2D eigenvalue weighted by Crippen LogP contribution is -2.04. The highest BCUT2D eigenvalue weighted by molar-refractivity contribution is 6.45. The summed E-state index contributed by atoms with van der Waals surface area (Å²) in [5.41, 5.74) is 1.39. The first kappa shape index (κ1) is 10.5. The monoisotopic (exact) mass is 275 g/mol. The van der Waals surface area contributed by atoms with Gasteiger partial charge >= 0.3 is 0 Å². The van der Waals surface area contributed by atoms with E-state index in [9.17, 15) is 0 Å². The van der Waals surface area contributed by atoms with Crippen LogP contribution in [0.1, 0.15) is 12.8 Å². The van der Waals surface area contributed by atoms with Gasteiger partial charge in [0.25, 0.3) is 0 Å². The standard InChI is InChI=1S/C10H8Cl3N3/c11-6-3-4-7-9(8(6)12)15-10(16(7)13)14-5-1-2-5/h3-5H,1-2H2,(H,14,15). The predicted molar refractivity (Wildman–Crippen MR) is 67.6 cm³/mol. The second kappa shape index (κ2) is 3.69. The molecule has 0 atom stereocenters. The van der Waals surface area contributed by atoms with Crippen molar-refractivity contribution in [2.75, 3.05) is 5.32 Å². The maximum atomic E-state index is 6.14. The van der Waals surface area contributed by atoms with E-state index in [1.54, 1.807) is 6.07 Å². The molecule has 0 bridgehead atoms. The van der Waals surface area contributed by atoms with Gasteiger partial charge in [0.1, 0.15) is 5.52 Å². The van der Waals surface area contributed by atoms with Gasteiger partial charge in [0, 0.05) is 17.8 Å². The fraction of sp³-hybridized carbons (Fsp3) is 0.300. The minimum atomic E-state index is 0.442. The summed E-state index contributed by atoms with van der Waals surface area (Å²) in [6.45, 7) is 0. The van der Waals surface area contributed by atoms with E-state index in [-0.39, 0.29) is 0 Å². The van der Waals surface area contributed by atoms with Crippen LogP contribution >= 0.6 is 35.0 Å². The molecular weight excluding hydrogens is 268 g/mol. The lowest BCUT2D eigenvalue weighted by molar-refractivity contribution is 1.08. The van der Waals surface area contributed by atoms with Crippen molar-refractivity contribution in [3.05, 3.63) is 22.2 Å². The number of hydrogen-bond donors (Lipinski definition) is 1. The molecule has 1 heterocycles. The van der Waals surface area contributed by atoms with Gasteiger partial charge in [0.15, 0.2) is 0 Å². The zero-order valence-corrected chi connectivity index (χ0v) is 10.4. The van der Waals surface area contributed by atoms with E-state index >= 15 is 0 Å². The van der Waals surface area contributed by atoms with Crippen LogP contribution < -0.4 is 5.32 Å². The van der Waals surface area contributed by atoms with Crippen LogP contribution in [0.5, 0.6) is 0 Å². The zero-order chi connectivity index (χ0) is 11.3. The van der Waals surface area contributed by atoms with E-state index in [1.807, 2.05) is 6.07 Å². The van der Waals surface area contributed by atoms with Crippen LogP contribution in [0.15, 0.2) is 12.1 Å². The Kier molecular flexibility index (Phi) is 2.42. The number of imidazole rings is 1. The van der Waals surface area contributed by atoms with Crippen LogP contribution in [0.2, 0.25) is 10.0 Å². The molecule has 0 amide bonds. The van der Waals surface area contributed by atoms with E-state index in [2.05, 4.69) is 10.3 Å². The molecule has 0 radical (unpaired) electrons. The largest absolute Gasteiger partial charge is 0.352 e. The highest BCUT2D eigenvalue weighted by Gasteiger charge is 2.24. The van der Waals surface area contributed by atoms with Gasteiger partial charge < -0.3 is 5.32 Å². The first-order valence-corrected chi connectivity index (χ1v) is 6.05. The summed E-state index contributed by atoms with van der Waals surface area (Å²) in [4.78, 5) is 4.36. The van der Waals surface area contributed by atoms with Crippen LogP contribution in [-0.2, 0) is 0 Å². The Morgan fingerprint density at radius 1 is 1.31 bits per heavy atom. The Morgan fingerprint density at radius 2 is 2.06 bits per heavy atom. The Bertz CT molecular complexity index is 560. The zero-order valence-electron chi connectivity index (χ0n) is 8.17.